The van der Waals surface area contributed by atoms with Crippen LogP contribution in [0.4, 0.5) is 0 Å². The van der Waals surface area contributed by atoms with E-state index in [1.54, 1.807) is 0 Å². The van der Waals surface area contributed by atoms with Crippen molar-refractivity contribution >= 4 is 5.97 Å². The summed E-state index contributed by atoms with van der Waals surface area (Å²) < 4.78 is 6.64. The average molecular weight is 233 g/mol. The number of rotatable bonds is 3. The van der Waals surface area contributed by atoms with E-state index in [9.17, 15) is 4.79 Å². The zero-order valence-corrected chi connectivity index (χ0v) is 10.6. The van der Waals surface area contributed by atoms with Crippen LogP contribution in [0.15, 0.2) is 36.7 Å². The van der Waals surface area contributed by atoms with Crippen LogP contribution in [-0.4, -0.2) is 17.6 Å². The quantitative estimate of drug-likeness (QED) is 0.751. The van der Waals surface area contributed by atoms with Crippen molar-refractivity contribution in [2.45, 2.75) is 19.8 Å². The fraction of sp³-hybridized carbons (Fsp3) is 0.357. The zero-order chi connectivity index (χ0) is 12.7. The number of hydrogen-bond acceptors (Lipinski definition) is 2. The van der Waals surface area contributed by atoms with Gasteiger partial charge in [0.15, 0.2) is 0 Å². The topological polar surface area (TPSA) is 31.2 Å². The highest BCUT2D eigenvalue weighted by atomic mass is 16.5. The molecule has 0 aliphatic rings. The second-order valence-electron chi connectivity index (χ2n) is 3.97. The number of esters is 1. The van der Waals surface area contributed by atoms with Gasteiger partial charge in [-0.2, -0.15) is 0 Å². The highest BCUT2D eigenvalue weighted by molar-refractivity contribution is 5.69. The van der Waals surface area contributed by atoms with Crippen LogP contribution in [0.2, 0.25) is 0 Å². The summed E-state index contributed by atoms with van der Waals surface area (Å²) in [7, 11) is 3.39. The average Bonchev–Trinajstić information content (AvgIpc) is 2.39. The fourth-order valence-corrected chi connectivity index (χ4v) is 1.55. The Labute approximate surface area is 102 Å². The Morgan fingerprint density at radius 1 is 1.35 bits per heavy atom. The van der Waals surface area contributed by atoms with Gasteiger partial charge >= 0.3 is 5.97 Å². The normalized spacial score (nSPS) is 9.59. The number of aryl methyl sites for hydroxylation is 3. The third-order valence-corrected chi connectivity index (χ3v) is 2.58. The molecule has 1 aromatic rings. The molecule has 0 spiro atoms. The first-order valence-electron chi connectivity index (χ1n) is 5.65. The maximum atomic E-state index is 11.2. The Hall–Kier alpha value is -1.77. The van der Waals surface area contributed by atoms with E-state index in [2.05, 4.69) is 4.74 Å². The molecule has 1 rings (SSSR count). The standard InChI is InChI=1S/C14H19NO2/c1-12-7-5-4-6-10-15(2)11-13(12)8-9-14(16)17-3/h4-7,10-11H,8-9H2,1-3H3. The molecule has 17 heavy (non-hydrogen) atoms. The van der Waals surface area contributed by atoms with Crippen molar-refractivity contribution in [2.75, 3.05) is 7.11 Å². The maximum absolute atomic E-state index is 11.2. The van der Waals surface area contributed by atoms with Gasteiger partial charge in [-0.25, -0.2) is 0 Å². The number of nitrogens with zero attached hydrogens (tertiary/aromatic N) is 1. The molecular formula is C14H19NO2. The van der Waals surface area contributed by atoms with Crippen molar-refractivity contribution in [3.63, 3.8) is 0 Å². The second-order valence-corrected chi connectivity index (χ2v) is 3.97. The van der Waals surface area contributed by atoms with E-state index in [-0.39, 0.29) is 5.97 Å². The molecule has 0 aliphatic heterocycles. The minimum Gasteiger partial charge on any atom is -0.469 e. The molecule has 0 amide bonds. The molecule has 0 aliphatic carbocycles. The molecular weight excluding hydrogens is 214 g/mol. The maximum Gasteiger partial charge on any atom is 0.305 e. The predicted octanol–water partition coefficient (Wildman–Crippen LogP) is 2.56. The van der Waals surface area contributed by atoms with Gasteiger partial charge in [0.05, 0.1) is 7.11 Å². The van der Waals surface area contributed by atoms with Gasteiger partial charge in [0.2, 0.25) is 0 Å². The summed E-state index contributed by atoms with van der Waals surface area (Å²) in [5.74, 6) is -0.174. The predicted molar refractivity (Wildman–Crippen MR) is 68.1 cm³/mol. The number of carbonyl (C=O) groups excluding carboxylic acids is 1. The SMILES string of the molecule is COC(=O)CCc1cn(C)cccccc1C. The highest BCUT2D eigenvalue weighted by Crippen LogP contribution is 2.07. The van der Waals surface area contributed by atoms with E-state index in [0.717, 1.165) is 5.56 Å². The summed E-state index contributed by atoms with van der Waals surface area (Å²) in [6.45, 7) is 2.05. The van der Waals surface area contributed by atoms with E-state index in [0.29, 0.717) is 12.8 Å². The molecule has 0 fully saturated rings. The van der Waals surface area contributed by atoms with E-state index >= 15 is 0 Å². The molecule has 0 unspecified atom stereocenters. The first-order valence-corrected chi connectivity index (χ1v) is 5.65. The van der Waals surface area contributed by atoms with Crippen molar-refractivity contribution in [1.82, 2.24) is 4.57 Å². The Morgan fingerprint density at radius 2 is 2.12 bits per heavy atom. The van der Waals surface area contributed by atoms with Crippen LogP contribution in [-0.2, 0) is 23.0 Å². The molecule has 3 nitrogen and oxygen atoms in total. The lowest BCUT2D eigenvalue weighted by Gasteiger charge is -2.03. The van der Waals surface area contributed by atoms with Gasteiger partial charge in [0.25, 0.3) is 0 Å². The lowest BCUT2D eigenvalue weighted by Crippen LogP contribution is -2.03. The van der Waals surface area contributed by atoms with Gasteiger partial charge in [0, 0.05) is 25.9 Å². The summed E-state index contributed by atoms with van der Waals surface area (Å²) in [6, 6.07) is 8.00. The van der Waals surface area contributed by atoms with E-state index in [1.807, 2.05) is 55.2 Å². The fourth-order valence-electron chi connectivity index (χ4n) is 1.55. The van der Waals surface area contributed by atoms with Crippen LogP contribution in [0.5, 0.6) is 0 Å². The third kappa shape index (κ3) is 4.72. The molecule has 0 bridgehead atoms. The summed E-state index contributed by atoms with van der Waals surface area (Å²) in [4.78, 5) is 11.2. The Balaban J connectivity index is 3.02. The number of hydrogen-bond donors (Lipinski definition) is 0. The summed E-state index contributed by atoms with van der Waals surface area (Å²) >= 11 is 0. The molecule has 1 aromatic heterocycles. The lowest BCUT2D eigenvalue weighted by atomic mass is 10.1. The first kappa shape index (κ1) is 13.3. The van der Waals surface area contributed by atoms with Crippen LogP contribution >= 0.6 is 0 Å². The summed E-state index contributed by atoms with van der Waals surface area (Å²) in [6.07, 6.45) is 5.12. The van der Waals surface area contributed by atoms with Crippen molar-refractivity contribution < 1.29 is 9.53 Å². The van der Waals surface area contributed by atoms with Gasteiger partial charge in [-0.3, -0.25) is 4.79 Å². The van der Waals surface area contributed by atoms with Crippen molar-refractivity contribution in [2.24, 2.45) is 7.05 Å². The number of ether oxygens (including phenoxy) is 1. The minimum absolute atomic E-state index is 0.174. The molecule has 1 heterocycles. The second kappa shape index (κ2) is 6.74. The highest BCUT2D eigenvalue weighted by Gasteiger charge is 2.02. The van der Waals surface area contributed by atoms with Gasteiger partial charge in [0.1, 0.15) is 0 Å². The van der Waals surface area contributed by atoms with Crippen molar-refractivity contribution in [3.05, 3.63) is 47.8 Å². The van der Waals surface area contributed by atoms with Gasteiger partial charge < -0.3 is 9.30 Å². The van der Waals surface area contributed by atoms with Gasteiger partial charge in [-0.1, -0.05) is 18.2 Å². The third-order valence-electron chi connectivity index (χ3n) is 2.58. The largest absolute Gasteiger partial charge is 0.469 e. The Kier molecular flexibility index (Phi) is 5.27. The molecule has 0 N–H and O–H groups in total. The molecule has 0 saturated heterocycles. The van der Waals surface area contributed by atoms with Crippen LogP contribution in [0, 0.1) is 6.92 Å². The monoisotopic (exact) mass is 233 g/mol. The smallest absolute Gasteiger partial charge is 0.305 e. The van der Waals surface area contributed by atoms with Crippen molar-refractivity contribution in [3.8, 4) is 0 Å². The zero-order valence-electron chi connectivity index (χ0n) is 10.6. The molecule has 0 atom stereocenters. The van der Waals surface area contributed by atoms with E-state index < -0.39 is 0 Å². The van der Waals surface area contributed by atoms with E-state index in [1.165, 1.54) is 12.7 Å². The Bertz CT molecular complexity index is 434. The van der Waals surface area contributed by atoms with Crippen LogP contribution in [0.25, 0.3) is 0 Å². The number of aromatic nitrogens is 1. The minimum atomic E-state index is -0.174. The van der Waals surface area contributed by atoms with Crippen LogP contribution in [0.1, 0.15) is 17.5 Å². The lowest BCUT2D eigenvalue weighted by molar-refractivity contribution is -0.140. The van der Waals surface area contributed by atoms with Crippen LogP contribution in [0.3, 0.4) is 0 Å². The first-order chi connectivity index (χ1) is 8.13. The summed E-state index contributed by atoms with van der Waals surface area (Å²) in [5.41, 5.74) is 2.31. The van der Waals surface area contributed by atoms with E-state index in [4.69, 9.17) is 0 Å². The van der Waals surface area contributed by atoms with Crippen molar-refractivity contribution in [1.29, 1.82) is 0 Å². The number of methoxy groups -OCH3 is 1. The van der Waals surface area contributed by atoms with Crippen LogP contribution < -0.4 is 0 Å². The van der Waals surface area contributed by atoms with Gasteiger partial charge in [-0.15, -0.1) is 0 Å². The summed E-state index contributed by atoms with van der Waals surface area (Å²) in [5, 5.41) is 0. The molecule has 3 heteroatoms. The Morgan fingerprint density at radius 3 is 2.82 bits per heavy atom. The molecule has 0 radical (unpaired) electrons. The molecule has 0 saturated carbocycles. The molecule has 0 aromatic carbocycles. The van der Waals surface area contributed by atoms with Gasteiger partial charge in [-0.05, 0) is 30.5 Å². The molecule has 92 valence electrons. The number of carbonyl (C=O) groups is 1.